The quantitative estimate of drug-likeness (QED) is 0.708. The zero-order chi connectivity index (χ0) is 9.19. The molecule has 0 amide bonds. The van der Waals surface area contributed by atoms with Crippen LogP contribution in [0.3, 0.4) is 0 Å². The van der Waals surface area contributed by atoms with Crippen molar-refractivity contribution in [2.45, 2.75) is 31.4 Å². The molecule has 72 valence electrons. The van der Waals surface area contributed by atoms with Gasteiger partial charge in [-0.05, 0) is 31.7 Å². The van der Waals surface area contributed by atoms with Crippen LogP contribution in [-0.4, -0.2) is 26.0 Å². The Labute approximate surface area is 74.3 Å². The van der Waals surface area contributed by atoms with Gasteiger partial charge in [-0.2, -0.15) is 0 Å². The predicted octanol–water partition coefficient (Wildman–Crippen LogP) is 0.549. The standard InChI is InChI=1S/C8H17NO2S/c1-7(6-9)5-8-3-2-4-12(8,10)11/h7-8H,2-6,9H2,1H3. The summed E-state index contributed by atoms with van der Waals surface area (Å²) < 4.78 is 22.7. The molecule has 1 rings (SSSR count). The molecule has 0 aromatic rings. The normalized spacial score (nSPS) is 30.3. The van der Waals surface area contributed by atoms with Gasteiger partial charge in [0.05, 0.1) is 11.0 Å². The third-order valence-electron chi connectivity index (χ3n) is 2.53. The smallest absolute Gasteiger partial charge is 0.153 e. The average molecular weight is 191 g/mol. The summed E-state index contributed by atoms with van der Waals surface area (Å²) in [6.07, 6.45) is 2.43. The van der Waals surface area contributed by atoms with Gasteiger partial charge in [-0.3, -0.25) is 0 Å². The van der Waals surface area contributed by atoms with Crippen LogP contribution in [0.4, 0.5) is 0 Å². The summed E-state index contributed by atoms with van der Waals surface area (Å²) in [4.78, 5) is 0. The number of nitrogens with two attached hydrogens (primary N) is 1. The van der Waals surface area contributed by atoms with E-state index in [1.54, 1.807) is 0 Å². The van der Waals surface area contributed by atoms with E-state index >= 15 is 0 Å². The molecular formula is C8H17NO2S. The Bertz CT molecular complexity index is 235. The van der Waals surface area contributed by atoms with Crippen LogP contribution in [0.1, 0.15) is 26.2 Å². The van der Waals surface area contributed by atoms with Gasteiger partial charge in [0.1, 0.15) is 0 Å². The van der Waals surface area contributed by atoms with Crippen molar-refractivity contribution in [1.82, 2.24) is 0 Å². The minimum atomic E-state index is -2.75. The lowest BCUT2D eigenvalue weighted by Gasteiger charge is -2.13. The Morgan fingerprint density at radius 1 is 1.58 bits per heavy atom. The number of rotatable bonds is 3. The van der Waals surface area contributed by atoms with Gasteiger partial charge in [0.15, 0.2) is 9.84 Å². The van der Waals surface area contributed by atoms with Crippen molar-refractivity contribution < 1.29 is 8.42 Å². The Hall–Kier alpha value is -0.0900. The molecule has 0 aromatic heterocycles. The summed E-state index contributed by atoms with van der Waals surface area (Å²) in [6, 6.07) is 0. The Morgan fingerprint density at radius 2 is 2.25 bits per heavy atom. The number of hydrogen-bond acceptors (Lipinski definition) is 3. The van der Waals surface area contributed by atoms with Crippen LogP contribution in [0.25, 0.3) is 0 Å². The lowest BCUT2D eigenvalue weighted by molar-refractivity contribution is 0.505. The second kappa shape index (κ2) is 3.75. The highest BCUT2D eigenvalue weighted by Crippen LogP contribution is 2.25. The van der Waals surface area contributed by atoms with E-state index in [9.17, 15) is 8.42 Å². The van der Waals surface area contributed by atoms with Crippen LogP contribution in [-0.2, 0) is 9.84 Å². The van der Waals surface area contributed by atoms with Gasteiger partial charge in [0.25, 0.3) is 0 Å². The van der Waals surface area contributed by atoms with E-state index in [0.717, 1.165) is 19.3 Å². The highest BCUT2D eigenvalue weighted by molar-refractivity contribution is 7.92. The summed E-state index contributed by atoms with van der Waals surface area (Å²) in [5.41, 5.74) is 5.44. The Kier molecular flexibility index (Phi) is 3.12. The molecule has 0 saturated carbocycles. The largest absolute Gasteiger partial charge is 0.330 e. The fourth-order valence-electron chi connectivity index (χ4n) is 1.67. The zero-order valence-electron chi connectivity index (χ0n) is 7.49. The molecule has 0 bridgehead atoms. The Balaban J connectivity index is 2.53. The minimum absolute atomic E-state index is 0.101. The first-order valence-electron chi connectivity index (χ1n) is 4.48. The van der Waals surface area contributed by atoms with E-state index in [-0.39, 0.29) is 5.25 Å². The molecule has 0 aliphatic carbocycles. The van der Waals surface area contributed by atoms with Gasteiger partial charge in [-0.15, -0.1) is 0 Å². The van der Waals surface area contributed by atoms with E-state index < -0.39 is 9.84 Å². The molecule has 2 unspecified atom stereocenters. The highest BCUT2D eigenvalue weighted by Gasteiger charge is 2.31. The summed E-state index contributed by atoms with van der Waals surface area (Å²) in [5, 5.41) is -0.101. The van der Waals surface area contributed by atoms with E-state index in [0.29, 0.717) is 18.2 Å². The molecule has 1 aliphatic heterocycles. The van der Waals surface area contributed by atoms with Crippen molar-refractivity contribution in [1.29, 1.82) is 0 Å². The van der Waals surface area contributed by atoms with E-state index in [4.69, 9.17) is 5.73 Å². The van der Waals surface area contributed by atoms with Crippen molar-refractivity contribution in [3.05, 3.63) is 0 Å². The third kappa shape index (κ3) is 2.20. The van der Waals surface area contributed by atoms with E-state index in [1.807, 2.05) is 6.92 Å². The molecule has 1 heterocycles. The molecule has 1 saturated heterocycles. The predicted molar refractivity (Wildman–Crippen MR) is 49.6 cm³/mol. The lowest BCUT2D eigenvalue weighted by Crippen LogP contribution is -2.22. The van der Waals surface area contributed by atoms with Gasteiger partial charge in [-0.1, -0.05) is 6.92 Å². The fourth-order valence-corrected chi connectivity index (χ4v) is 3.72. The molecule has 4 heteroatoms. The number of sulfone groups is 1. The molecular weight excluding hydrogens is 174 g/mol. The molecule has 1 aliphatic rings. The van der Waals surface area contributed by atoms with Crippen LogP contribution < -0.4 is 5.73 Å². The first kappa shape index (κ1) is 9.99. The molecule has 3 nitrogen and oxygen atoms in total. The van der Waals surface area contributed by atoms with Gasteiger partial charge < -0.3 is 5.73 Å². The first-order chi connectivity index (χ1) is 5.56. The molecule has 0 radical (unpaired) electrons. The first-order valence-corrected chi connectivity index (χ1v) is 6.19. The number of hydrogen-bond donors (Lipinski definition) is 1. The van der Waals surface area contributed by atoms with Gasteiger partial charge in [0.2, 0.25) is 0 Å². The van der Waals surface area contributed by atoms with Gasteiger partial charge >= 0.3 is 0 Å². The van der Waals surface area contributed by atoms with Crippen LogP contribution in [0.15, 0.2) is 0 Å². The van der Waals surface area contributed by atoms with Crippen LogP contribution >= 0.6 is 0 Å². The fraction of sp³-hybridized carbons (Fsp3) is 1.00. The van der Waals surface area contributed by atoms with Crippen molar-refractivity contribution in [2.24, 2.45) is 11.7 Å². The maximum absolute atomic E-state index is 11.4. The molecule has 1 fully saturated rings. The third-order valence-corrected chi connectivity index (χ3v) is 4.83. The monoisotopic (exact) mass is 191 g/mol. The average Bonchev–Trinajstić information content (AvgIpc) is 2.31. The molecule has 2 N–H and O–H groups in total. The summed E-state index contributed by atoms with van der Waals surface area (Å²) in [6.45, 7) is 2.60. The van der Waals surface area contributed by atoms with Crippen molar-refractivity contribution in [2.75, 3.05) is 12.3 Å². The van der Waals surface area contributed by atoms with Crippen LogP contribution in [0.5, 0.6) is 0 Å². The summed E-state index contributed by atoms with van der Waals surface area (Å²) in [7, 11) is -2.75. The van der Waals surface area contributed by atoms with Crippen molar-refractivity contribution in [3.8, 4) is 0 Å². The van der Waals surface area contributed by atoms with Gasteiger partial charge in [0, 0.05) is 0 Å². The van der Waals surface area contributed by atoms with Gasteiger partial charge in [-0.25, -0.2) is 8.42 Å². The maximum atomic E-state index is 11.4. The zero-order valence-corrected chi connectivity index (χ0v) is 8.31. The molecule has 2 atom stereocenters. The minimum Gasteiger partial charge on any atom is -0.330 e. The van der Waals surface area contributed by atoms with Crippen molar-refractivity contribution >= 4 is 9.84 Å². The van der Waals surface area contributed by atoms with Crippen LogP contribution in [0, 0.1) is 5.92 Å². The second-order valence-electron chi connectivity index (χ2n) is 3.71. The summed E-state index contributed by atoms with van der Waals surface area (Å²) in [5.74, 6) is 0.720. The SMILES string of the molecule is CC(CN)CC1CCCS1(=O)=O. The lowest BCUT2D eigenvalue weighted by atomic mass is 10.0. The topological polar surface area (TPSA) is 60.2 Å². The summed E-state index contributed by atoms with van der Waals surface area (Å²) >= 11 is 0. The second-order valence-corrected chi connectivity index (χ2v) is 6.11. The van der Waals surface area contributed by atoms with Crippen molar-refractivity contribution in [3.63, 3.8) is 0 Å². The highest BCUT2D eigenvalue weighted by atomic mass is 32.2. The van der Waals surface area contributed by atoms with E-state index in [2.05, 4.69) is 0 Å². The Morgan fingerprint density at radius 3 is 2.67 bits per heavy atom. The molecule has 0 aromatic carbocycles. The molecule has 0 spiro atoms. The van der Waals surface area contributed by atoms with Crippen LogP contribution in [0.2, 0.25) is 0 Å². The van der Waals surface area contributed by atoms with E-state index in [1.165, 1.54) is 0 Å². The maximum Gasteiger partial charge on any atom is 0.153 e. The molecule has 12 heavy (non-hydrogen) atoms.